The van der Waals surface area contributed by atoms with E-state index in [4.69, 9.17) is 0 Å². The first-order valence-corrected chi connectivity index (χ1v) is 9.07. The summed E-state index contributed by atoms with van der Waals surface area (Å²) in [5.41, 5.74) is 4.70. The number of aryl methyl sites for hydroxylation is 1. The van der Waals surface area contributed by atoms with Crippen molar-refractivity contribution in [2.45, 2.75) is 20.8 Å². The van der Waals surface area contributed by atoms with Crippen molar-refractivity contribution in [2.75, 3.05) is 0 Å². The monoisotopic (exact) mass is 380 g/mol. The van der Waals surface area contributed by atoms with Gasteiger partial charge < -0.3 is 0 Å². The molecule has 0 spiro atoms. The smallest absolute Gasteiger partial charge is 0.187 e. The average Bonchev–Trinajstić information content (AvgIpc) is 3.33. The minimum Gasteiger partial charge on any atom is -0.291 e. The van der Waals surface area contributed by atoms with Crippen molar-refractivity contribution in [3.63, 3.8) is 0 Å². The second-order valence-electron chi connectivity index (χ2n) is 5.43. The van der Waals surface area contributed by atoms with Crippen LogP contribution in [0.25, 0.3) is 28.2 Å². The summed E-state index contributed by atoms with van der Waals surface area (Å²) in [5, 5.41) is 13.5. The zero-order chi connectivity index (χ0) is 19.4. The Labute approximate surface area is 160 Å². The standard InChI is InChI=1S/C17H11FN6S.C2H6/c1-11-3-2-4-15(21-11)17-14(10-24(22-17)25-18)12-5-6-16-20-8-13(7-19)23(16)9-12;1-2/h2-6,8-10H,1H3;1-2H3. The number of halogens is 1. The summed E-state index contributed by atoms with van der Waals surface area (Å²) < 4.78 is 15.9. The topological polar surface area (TPSA) is 71.8 Å². The van der Waals surface area contributed by atoms with Crippen molar-refractivity contribution in [2.24, 2.45) is 0 Å². The summed E-state index contributed by atoms with van der Waals surface area (Å²) in [6, 6.07) is 11.4. The molecule has 0 aliphatic rings. The van der Waals surface area contributed by atoms with Gasteiger partial charge in [-0.15, -0.1) is 3.89 Å². The maximum Gasteiger partial charge on any atom is 0.187 e. The maximum atomic E-state index is 13.1. The van der Waals surface area contributed by atoms with Gasteiger partial charge in [-0.05, 0) is 31.2 Å². The van der Waals surface area contributed by atoms with Crippen LogP contribution in [0.5, 0.6) is 0 Å². The Morgan fingerprint density at radius 3 is 2.67 bits per heavy atom. The molecule has 0 radical (unpaired) electrons. The molecule has 6 nitrogen and oxygen atoms in total. The van der Waals surface area contributed by atoms with Gasteiger partial charge >= 0.3 is 0 Å². The van der Waals surface area contributed by atoms with E-state index in [1.807, 2.05) is 51.1 Å². The average molecular weight is 380 g/mol. The van der Waals surface area contributed by atoms with Crippen LogP contribution < -0.4 is 0 Å². The van der Waals surface area contributed by atoms with E-state index in [9.17, 15) is 9.15 Å². The van der Waals surface area contributed by atoms with Crippen LogP contribution in [-0.2, 0) is 0 Å². The van der Waals surface area contributed by atoms with Crippen LogP contribution in [0.15, 0.2) is 48.9 Å². The van der Waals surface area contributed by atoms with E-state index >= 15 is 0 Å². The molecule has 0 atom stereocenters. The molecule has 0 bridgehead atoms. The lowest BCUT2D eigenvalue weighted by Gasteiger charge is -2.04. The molecule has 0 fully saturated rings. The van der Waals surface area contributed by atoms with E-state index < -0.39 is 0 Å². The third-order valence-corrected chi connectivity index (χ3v) is 4.15. The zero-order valence-corrected chi connectivity index (χ0v) is 15.9. The lowest BCUT2D eigenvalue weighted by atomic mass is 10.1. The highest BCUT2D eigenvalue weighted by Gasteiger charge is 2.16. The molecule has 136 valence electrons. The minimum atomic E-state index is 0.0166. The van der Waals surface area contributed by atoms with E-state index in [1.54, 1.807) is 16.8 Å². The molecule has 0 unspecified atom stereocenters. The van der Waals surface area contributed by atoms with Gasteiger partial charge in [-0.3, -0.25) is 9.38 Å². The second kappa shape index (κ2) is 8.01. The number of pyridine rings is 2. The highest BCUT2D eigenvalue weighted by molar-refractivity contribution is 7.92. The van der Waals surface area contributed by atoms with Crippen molar-refractivity contribution in [1.29, 1.82) is 5.26 Å². The van der Waals surface area contributed by atoms with Crippen molar-refractivity contribution >= 4 is 18.0 Å². The lowest BCUT2D eigenvalue weighted by molar-refractivity contribution is 0.878. The largest absolute Gasteiger partial charge is 0.291 e. The van der Waals surface area contributed by atoms with Gasteiger partial charge in [0.25, 0.3) is 0 Å². The molecule has 0 saturated heterocycles. The van der Waals surface area contributed by atoms with Gasteiger partial charge in [0.15, 0.2) is 12.3 Å². The Hall–Kier alpha value is -3.18. The molecular weight excluding hydrogens is 363 g/mol. The van der Waals surface area contributed by atoms with Crippen molar-refractivity contribution < 1.29 is 3.89 Å². The number of hydrogen-bond acceptors (Lipinski definition) is 5. The van der Waals surface area contributed by atoms with E-state index in [0.717, 1.165) is 20.9 Å². The highest BCUT2D eigenvalue weighted by Crippen LogP contribution is 2.32. The van der Waals surface area contributed by atoms with Crippen LogP contribution in [0.4, 0.5) is 3.89 Å². The van der Waals surface area contributed by atoms with Crippen molar-refractivity contribution in [3.8, 4) is 28.6 Å². The fourth-order valence-corrected chi connectivity index (χ4v) is 2.94. The van der Waals surface area contributed by atoms with Gasteiger partial charge in [0.2, 0.25) is 0 Å². The first kappa shape index (κ1) is 18.6. The Morgan fingerprint density at radius 1 is 1.15 bits per heavy atom. The van der Waals surface area contributed by atoms with Crippen LogP contribution in [0.3, 0.4) is 0 Å². The Morgan fingerprint density at radius 2 is 1.96 bits per heavy atom. The zero-order valence-electron chi connectivity index (χ0n) is 15.1. The Bertz CT molecular complexity index is 1120. The van der Waals surface area contributed by atoms with Crippen LogP contribution in [0, 0.1) is 18.3 Å². The summed E-state index contributed by atoms with van der Waals surface area (Å²) in [7, 11) is 0. The normalized spacial score (nSPS) is 10.3. The molecular formula is C19H17FN6S. The Balaban J connectivity index is 0.00000102. The second-order valence-corrected chi connectivity index (χ2v) is 5.94. The predicted octanol–water partition coefficient (Wildman–Crippen LogP) is 4.85. The minimum absolute atomic E-state index is 0.0166. The van der Waals surface area contributed by atoms with Gasteiger partial charge in [-0.25, -0.2) is 4.98 Å². The third-order valence-electron chi connectivity index (χ3n) is 3.83. The SMILES string of the molecule is CC.Cc1cccc(-c2nn(SF)cc2-c2ccc3ncc(C#N)n3c2)n1. The van der Waals surface area contributed by atoms with E-state index in [2.05, 4.69) is 21.1 Å². The first-order valence-electron chi connectivity index (χ1n) is 8.40. The number of aromatic nitrogens is 5. The molecule has 4 heterocycles. The van der Waals surface area contributed by atoms with Crippen molar-refractivity contribution in [3.05, 3.63) is 60.3 Å². The molecule has 8 heteroatoms. The van der Waals surface area contributed by atoms with Gasteiger partial charge in [0, 0.05) is 29.2 Å². The van der Waals surface area contributed by atoms with Gasteiger partial charge in [0.05, 0.1) is 11.9 Å². The molecule has 0 aliphatic heterocycles. The molecule has 0 aliphatic carbocycles. The number of rotatable bonds is 3. The van der Waals surface area contributed by atoms with Gasteiger partial charge in [-0.1, -0.05) is 19.9 Å². The van der Waals surface area contributed by atoms with Crippen LogP contribution >= 0.6 is 12.3 Å². The predicted molar refractivity (Wildman–Crippen MR) is 105 cm³/mol. The third kappa shape index (κ3) is 3.55. The van der Waals surface area contributed by atoms with Crippen LogP contribution in [0.1, 0.15) is 25.2 Å². The van der Waals surface area contributed by atoms with E-state index in [1.165, 1.54) is 6.20 Å². The number of imidazole rings is 1. The fourth-order valence-electron chi connectivity index (χ4n) is 2.69. The summed E-state index contributed by atoms with van der Waals surface area (Å²) in [5.74, 6) is 0. The van der Waals surface area contributed by atoms with Crippen LogP contribution in [-0.4, -0.2) is 23.6 Å². The summed E-state index contributed by atoms with van der Waals surface area (Å²) in [6.07, 6.45) is 4.92. The molecule has 0 N–H and O–H groups in total. The van der Waals surface area contributed by atoms with Gasteiger partial charge in [0.1, 0.15) is 23.1 Å². The molecule has 0 saturated carbocycles. The maximum absolute atomic E-state index is 13.1. The summed E-state index contributed by atoms with van der Waals surface area (Å²) in [6.45, 7) is 5.89. The quantitative estimate of drug-likeness (QED) is 0.508. The molecule has 0 amide bonds. The summed E-state index contributed by atoms with van der Waals surface area (Å²) >= 11 is 0.0166. The highest BCUT2D eigenvalue weighted by atomic mass is 32.2. The number of fused-ring (bicyclic) bond motifs is 1. The molecule has 4 aromatic rings. The number of nitrogens with zero attached hydrogens (tertiary/aromatic N) is 6. The lowest BCUT2D eigenvalue weighted by Crippen LogP contribution is -1.92. The fraction of sp³-hybridized carbons (Fsp3) is 0.158. The van der Waals surface area contributed by atoms with Crippen molar-refractivity contribution in [1.82, 2.24) is 23.6 Å². The first-order chi connectivity index (χ1) is 13.2. The summed E-state index contributed by atoms with van der Waals surface area (Å²) in [4.78, 5) is 8.67. The number of hydrogen-bond donors (Lipinski definition) is 0. The van der Waals surface area contributed by atoms with E-state index in [0.29, 0.717) is 22.7 Å². The molecule has 4 aromatic heterocycles. The molecule has 4 rings (SSSR count). The molecule has 27 heavy (non-hydrogen) atoms. The van der Waals surface area contributed by atoms with E-state index in [-0.39, 0.29) is 12.3 Å². The Kier molecular flexibility index (Phi) is 5.52. The van der Waals surface area contributed by atoms with Crippen LogP contribution in [0.2, 0.25) is 0 Å². The van der Waals surface area contributed by atoms with Gasteiger partial charge in [-0.2, -0.15) is 14.4 Å². The number of nitriles is 1. The molecule has 0 aromatic carbocycles.